The Kier molecular flexibility index (Phi) is 8.46. The Morgan fingerprint density at radius 3 is 2.03 bits per heavy atom. The monoisotopic (exact) mass is 424 g/mol. The van der Waals surface area contributed by atoms with Gasteiger partial charge in [-0.25, -0.2) is 9.59 Å². The largest absolute Gasteiger partial charge is 0.473 e. The second-order valence-corrected chi connectivity index (χ2v) is 8.48. The molecule has 2 aliphatic rings. The molecule has 7 nitrogen and oxygen atoms in total. The molecule has 2 saturated heterocycles. The van der Waals surface area contributed by atoms with E-state index < -0.39 is 11.9 Å². The number of amides is 1. The maximum absolute atomic E-state index is 12.6. The molecule has 8 heteroatoms. The van der Waals surface area contributed by atoms with E-state index in [0.29, 0.717) is 16.6 Å². The molecule has 1 amide bonds. The summed E-state index contributed by atoms with van der Waals surface area (Å²) in [5.74, 6) is -1.94. The second-order valence-electron chi connectivity index (χ2n) is 8.04. The summed E-state index contributed by atoms with van der Waals surface area (Å²) in [4.78, 5) is 35.4. The molecule has 160 valence electrons. The van der Waals surface area contributed by atoms with Crippen LogP contribution in [0.25, 0.3) is 0 Å². The topological polar surface area (TPSA) is 98.2 Å². The van der Waals surface area contributed by atoms with Crippen molar-refractivity contribution in [2.45, 2.75) is 39.2 Å². The molecule has 0 radical (unpaired) electrons. The molecule has 3 rings (SSSR count). The second kappa shape index (κ2) is 10.6. The summed E-state index contributed by atoms with van der Waals surface area (Å²) < 4.78 is 0. The van der Waals surface area contributed by atoms with Crippen LogP contribution < -0.4 is 0 Å². The Hall–Kier alpha value is -2.12. The van der Waals surface area contributed by atoms with Gasteiger partial charge in [0.25, 0.3) is 5.91 Å². The highest BCUT2D eigenvalue weighted by molar-refractivity contribution is 6.31. The van der Waals surface area contributed by atoms with Crippen molar-refractivity contribution in [3.63, 3.8) is 0 Å². The molecule has 0 aliphatic carbocycles. The molecule has 2 unspecified atom stereocenters. The molecule has 0 spiro atoms. The molecule has 1 aromatic rings. The van der Waals surface area contributed by atoms with Crippen molar-refractivity contribution in [1.82, 2.24) is 9.80 Å². The van der Waals surface area contributed by atoms with Crippen LogP contribution in [0.1, 0.15) is 43.5 Å². The van der Waals surface area contributed by atoms with Crippen LogP contribution in [0.2, 0.25) is 5.02 Å². The predicted octanol–water partition coefficient (Wildman–Crippen LogP) is 3.08. The Morgan fingerprint density at radius 2 is 1.55 bits per heavy atom. The summed E-state index contributed by atoms with van der Waals surface area (Å²) in [6.45, 7) is 8.87. The minimum absolute atomic E-state index is 0.117. The quantitative estimate of drug-likeness (QED) is 0.708. The van der Waals surface area contributed by atoms with Crippen molar-refractivity contribution < 1.29 is 24.6 Å². The number of rotatable bonds is 2. The summed E-state index contributed by atoms with van der Waals surface area (Å²) in [6.07, 6.45) is 3.53. The van der Waals surface area contributed by atoms with Crippen LogP contribution in [0.3, 0.4) is 0 Å². The first-order valence-electron chi connectivity index (χ1n) is 9.92. The molecule has 2 atom stereocenters. The fourth-order valence-corrected chi connectivity index (χ4v) is 4.44. The molecule has 2 aliphatic heterocycles. The van der Waals surface area contributed by atoms with Gasteiger partial charge in [0.1, 0.15) is 0 Å². The molecular formula is C21H29ClN2O5. The first-order valence-corrected chi connectivity index (χ1v) is 10.3. The van der Waals surface area contributed by atoms with E-state index >= 15 is 0 Å². The molecule has 2 heterocycles. The lowest BCUT2D eigenvalue weighted by molar-refractivity contribution is -0.159. The Bertz CT molecular complexity index is 712. The van der Waals surface area contributed by atoms with Crippen LogP contribution in [0, 0.1) is 11.8 Å². The third kappa shape index (κ3) is 7.01. The number of hydrogen-bond acceptors (Lipinski definition) is 4. The van der Waals surface area contributed by atoms with Crippen molar-refractivity contribution in [2.24, 2.45) is 11.8 Å². The zero-order chi connectivity index (χ0) is 21.6. The van der Waals surface area contributed by atoms with E-state index in [9.17, 15) is 4.79 Å². The van der Waals surface area contributed by atoms with Crippen molar-refractivity contribution in [3.8, 4) is 0 Å². The summed E-state index contributed by atoms with van der Waals surface area (Å²) in [5, 5.41) is 15.4. The average Bonchev–Trinajstić information content (AvgIpc) is 2.67. The standard InChI is InChI=1S/C19H27ClN2O.C2H2O4/c1-14-10-15(2)13-22(12-14)18-6-8-21(9-7-18)19(23)16-4-3-5-17(20)11-16;3-1(4)2(5)6/h3-5,11,14-15,18H,6-10,12-13H2,1-2H3;(H,3,4)(H,5,6). The maximum atomic E-state index is 12.6. The van der Waals surface area contributed by atoms with Crippen LogP contribution in [0.15, 0.2) is 24.3 Å². The van der Waals surface area contributed by atoms with Crippen molar-refractivity contribution >= 4 is 29.4 Å². The first-order chi connectivity index (χ1) is 13.7. The Balaban J connectivity index is 0.000000438. The molecule has 0 bridgehead atoms. The minimum Gasteiger partial charge on any atom is -0.473 e. The number of benzene rings is 1. The van der Waals surface area contributed by atoms with Gasteiger partial charge in [0.2, 0.25) is 0 Å². The third-order valence-electron chi connectivity index (χ3n) is 5.42. The van der Waals surface area contributed by atoms with Gasteiger partial charge < -0.3 is 15.1 Å². The zero-order valence-electron chi connectivity index (χ0n) is 16.9. The summed E-state index contributed by atoms with van der Waals surface area (Å²) in [5.41, 5.74) is 0.705. The van der Waals surface area contributed by atoms with Crippen molar-refractivity contribution in [1.29, 1.82) is 0 Å². The normalized spacial score (nSPS) is 23.1. The zero-order valence-corrected chi connectivity index (χ0v) is 17.6. The van der Waals surface area contributed by atoms with Crippen LogP contribution in [0.5, 0.6) is 0 Å². The van der Waals surface area contributed by atoms with Gasteiger partial charge in [0.05, 0.1) is 0 Å². The van der Waals surface area contributed by atoms with Crippen molar-refractivity contribution in [3.05, 3.63) is 34.9 Å². The lowest BCUT2D eigenvalue weighted by atomic mass is 9.89. The molecule has 0 saturated carbocycles. The third-order valence-corrected chi connectivity index (χ3v) is 5.65. The fourth-order valence-electron chi connectivity index (χ4n) is 4.25. The van der Waals surface area contributed by atoms with E-state index in [1.54, 1.807) is 6.07 Å². The highest BCUT2D eigenvalue weighted by Gasteiger charge is 2.31. The van der Waals surface area contributed by atoms with E-state index in [2.05, 4.69) is 18.7 Å². The highest BCUT2D eigenvalue weighted by atomic mass is 35.5. The molecular weight excluding hydrogens is 396 g/mol. The van der Waals surface area contributed by atoms with Crippen molar-refractivity contribution in [2.75, 3.05) is 26.2 Å². The smallest absolute Gasteiger partial charge is 0.414 e. The lowest BCUT2D eigenvalue weighted by Crippen LogP contribution is -2.50. The summed E-state index contributed by atoms with van der Waals surface area (Å²) in [6, 6.07) is 7.92. The van der Waals surface area contributed by atoms with Gasteiger partial charge in [0, 0.05) is 42.8 Å². The van der Waals surface area contributed by atoms with Gasteiger partial charge in [0.15, 0.2) is 0 Å². The van der Waals surface area contributed by atoms with Gasteiger partial charge in [-0.15, -0.1) is 0 Å². The van der Waals surface area contributed by atoms with Gasteiger partial charge in [-0.3, -0.25) is 9.69 Å². The molecule has 0 aromatic heterocycles. The number of nitrogens with zero attached hydrogens (tertiary/aromatic N) is 2. The highest BCUT2D eigenvalue weighted by Crippen LogP contribution is 2.27. The van der Waals surface area contributed by atoms with E-state index in [-0.39, 0.29) is 5.91 Å². The maximum Gasteiger partial charge on any atom is 0.414 e. The minimum atomic E-state index is -1.82. The number of carbonyl (C=O) groups is 3. The van der Waals surface area contributed by atoms with Crippen LogP contribution in [0.4, 0.5) is 0 Å². The van der Waals surface area contributed by atoms with E-state index in [1.807, 2.05) is 23.1 Å². The predicted molar refractivity (Wildman–Crippen MR) is 110 cm³/mol. The van der Waals surface area contributed by atoms with Gasteiger partial charge in [-0.2, -0.15) is 0 Å². The number of hydrogen-bond donors (Lipinski definition) is 2. The number of halogens is 1. The average molecular weight is 425 g/mol. The van der Waals surface area contributed by atoms with Gasteiger partial charge in [-0.1, -0.05) is 31.5 Å². The summed E-state index contributed by atoms with van der Waals surface area (Å²) in [7, 11) is 0. The van der Waals surface area contributed by atoms with Crippen LogP contribution in [-0.4, -0.2) is 70.1 Å². The SMILES string of the molecule is CC1CC(C)CN(C2CCN(C(=O)c3cccc(Cl)c3)CC2)C1.O=C(O)C(=O)O. The number of aliphatic carboxylic acids is 2. The van der Waals surface area contributed by atoms with Gasteiger partial charge >= 0.3 is 11.9 Å². The van der Waals surface area contributed by atoms with Crippen LogP contribution in [-0.2, 0) is 9.59 Å². The molecule has 1 aromatic carbocycles. The Morgan fingerprint density at radius 1 is 1.00 bits per heavy atom. The van der Waals surface area contributed by atoms with Crippen LogP contribution >= 0.6 is 11.6 Å². The van der Waals surface area contributed by atoms with E-state index in [0.717, 1.165) is 37.8 Å². The lowest BCUT2D eigenvalue weighted by Gasteiger charge is -2.43. The fraction of sp³-hybridized carbons (Fsp3) is 0.571. The van der Waals surface area contributed by atoms with E-state index in [4.69, 9.17) is 31.4 Å². The number of carbonyl (C=O) groups excluding carboxylic acids is 1. The number of carboxylic acids is 2. The molecule has 2 fully saturated rings. The number of likely N-dealkylation sites (tertiary alicyclic amines) is 2. The first kappa shape index (κ1) is 23.2. The number of carboxylic acid groups (broad SMARTS) is 2. The number of piperidine rings is 2. The molecule has 29 heavy (non-hydrogen) atoms. The van der Waals surface area contributed by atoms with Gasteiger partial charge in [-0.05, 0) is 49.3 Å². The van der Waals surface area contributed by atoms with E-state index in [1.165, 1.54) is 19.5 Å². The molecule has 2 N–H and O–H groups in total. The summed E-state index contributed by atoms with van der Waals surface area (Å²) >= 11 is 6.00. The Labute approximate surface area is 176 Å².